The number of sulfone groups is 1. The smallest absolute Gasteiger partial charge is 0.228 e. The highest BCUT2D eigenvalue weighted by molar-refractivity contribution is 7.91. The number of nitrogens with one attached hydrogen (secondary N) is 1. The summed E-state index contributed by atoms with van der Waals surface area (Å²) in [6, 6.07) is 3.80. The van der Waals surface area contributed by atoms with Gasteiger partial charge in [-0.2, -0.15) is 0 Å². The third-order valence-electron chi connectivity index (χ3n) is 5.64. The Morgan fingerprint density at radius 2 is 1.78 bits per heavy atom. The predicted octanol–water partition coefficient (Wildman–Crippen LogP) is 2.22. The van der Waals surface area contributed by atoms with E-state index in [0.29, 0.717) is 19.4 Å². The third kappa shape index (κ3) is 4.18. The Labute approximate surface area is 161 Å². The molecule has 27 heavy (non-hydrogen) atoms. The standard InChI is InChI=1S/C20H28N2O4S/c1-5-22(15-6-7-27(25,26)11-15)20(24)17-10-16(17)19(23)21-18-13(3)8-12(2)9-14(18)4/h8-9,15-17H,5-7,10-11H2,1-4H3,(H,21,23). The zero-order valence-corrected chi connectivity index (χ0v) is 17.2. The second kappa shape index (κ2) is 7.26. The van der Waals surface area contributed by atoms with E-state index in [-0.39, 0.29) is 41.2 Å². The SMILES string of the molecule is CCN(C(=O)C1CC1C(=O)Nc1c(C)cc(C)cc1C)C1CCS(=O)(=O)C1. The number of carbonyl (C=O) groups excluding carboxylic acids is 2. The number of rotatable bonds is 5. The summed E-state index contributed by atoms with van der Waals surface area (Å²) in [4.78, 5) is 27.1. The monoisotopic (exact) mass is 392 g/mol. The molecule has 3 unspecified atom stereocenters. The Kier molecular flexibility index (Phi) is 5.34. The highest BCUT2D eigenvalue weighted by atomic mass is 32.2. The Bertz CT molecular complexity index is 855. The normalized spacial score (nSPS) is 25.9. The minimum Gasteiger partial charge on any atom is -0.339 e. The molecule has 1 aliphatic carbocycles. The van der Waals surface area contributed by atoms with Crippen LogP contribution >= 0.6 is 0 Å². The fourth-order valence-corrected chi connectivity index (χ4v) is 5.91. The maximum Gasteiger partial charge on any atom is 0.228 e. The Morgan fingerprint density at radius 1 is 1.15 bits per heavy atom. The van der Waals surface area contributed by atoms with Gasteiger partial charge in [0, 0.05) is 18.3 Å². The first-order chi connectivity index (χ1) is 12.6. The van der Waals surface area contributed by atoms with E-state index in [2.05, 4.69) is 5.32 Å². The molecule has 148 valence electrons. The van der Waals surface area contributed by atoms with Crippen molar-refractivity contribution in [3.05, 3.63) is 28.8 Å². The van der Waals surface area contributed by atoms with Crippen LogP contribution in [0.5, 0.6) is 0 Å². The lowest BCUT2D eigenvalue weighted by molar-refractivity contribution is -0.135. The van der Waals surface area contributed by atoms with Gasteiger partial charge >= 0.3 is 0 Å². The number of benzene rings is 1. The van der Waals surface area contributed by atoms with Crippen molar-refractivity contribution in [1.29, 1.82) is 0 Å². The highest BCUT2D eigenvalue weighted by Gasteiger charge is 2.51. The molecule has 3 atom stereocenters. The van der Waals surface area contributed by atoms with E-state index in [0.717, 1.165) is 22.4 Å². The number of hydrogen-bond donors (Lipinski definition) is 1. The number of amides is 2. The van der Waals surface area contributed by atoms with Crippen molar-refractivity contribution in [3.8, 4) is 0 Å². The van der Waals surface area contributed by atoms with Crippen LogP contribution in [0.15, 0.2) is 12.1 Å². The van der Waals surface area contributed by atoms with Crippen molar-refractivity contribution in [3.63, 3.8) is 0 Å². The predicted molar refractivity (Wildman–Crippen MR) is 105 cm³/mol. The largest absolute Gasteiger partial charge is 0.339 e. The van der Waals surface area contributed by atoms with Crippen LogP contribution in [0.4, 0.5) is 5.69 Å². The molecular formula is C20H28N2O4S. The van der Waals surface area contributed by atoms with Crippen LogP contribution in [0.2, 0.25) is 0 Å². The van der Waals surface area contributed by atoms with Crippen molar-refractivity contribution in [2.45, 2.75) is 46.6 Å². The minimum absolute atomic E-state index is 0.0396. The highest BCUT2D eigenvalue weighted by Crippen LogP contribution is 2.42. The molecule has 1 aromatic carbocycles. The van der Waals surface area contributed by atoms with Crippen molar-refractivity contribution < 1.29 is 18.0 Å². The van der Waals surface area contributed by atoms with Crippen LogP contribution in [-0.2, 0) is 19.4 Å². The lowest BCUT2D eigenvalue weighted by Gasteiger charge is -2.27. The Balaban J connectivity index is 1.64. The molecule has 1 saturated carbocycles. The second-order valence-corrected chi connectivity index (χ2v) is 10.1. The maximum atomic E-state index is 12.8. The summed E-state index contributed by atoms with van der Waals surface area (Å²) in [6.07, 6.45) is 1.03. The molecule has 2 fully saturated rings. The zero-order valence-electron chi connectivity index (χ0n) is 16.4. The average molecular weight is 393 g/mol. The van der Waals surface area contributed by atoms with Gasteiger partial charge in [0.05, 0.1) is 23.3 Å². The summed E-state index contributed by atoms with van der Waals surface area (Å²) >= 11 is 0. The van der Waals surface area contributed by atoms with Gasteiger partial charge in [-0.05, 0) is 51.7 Å². The molecule has 1 N–H and O–H groups in total. The first-order valence-corrected chi connectivity index (χ1v) is 11.3. The molecule has 1 aliphatic heterocycles. The topological polar surface area (TPSA) is 83.6 Å². The summed E-state index contributed by atoms with van der Waals surface area (Å²) in [5.74, 6) is -0.695. The van der Waals surface area contributed by atoms with E-state index in [1.807, 2.05) is 39.8 Å². The van der Waals surface area contributed by atoms with Crippen LogP contribution in [0.25, 0.3) is 0 Å². The molecule has 0 aromatic heterocycles. The molecule has 3 rings (SSSR count). The minimum atomic E-state index is -3.05. The van der Waals surface area contributed by atoms with E-state index in [1.54, 1.807) is 4.90 Å². The Morgan fingerprint density at radius 3 is 2.30 bits per heavy atom. The number of anilines is 1. The van der Waals surface area contributed by atoms with Crippen LogP contribution in [0.1, 0.15) is 36.5 Å². The van der Waals surface area contributed by atoms with Crippen molar-refractivity contribution in [2.75, 3.05) is 23.4 Å². The number of hydrogen-bond acceptors (Lipinski definition) is 4. The van der Waals surface area contributed by atoms with Crippen LogP contribution in [0.3, 0.4) is 0 Å². The van der Waals surface area contributed by atoms with Gasteiger partial charge in [0.2, 0.25) is 11.8 Å². The van der Waals surface area contributed by atoms with Gasteiger partial charge in [-0.3, -0.25) is 9.59 Å². The molecule has 2 aliphatic rings. The van der Waals surface area contributed by atoms with Gasteiger partial charge in [-0.25, -0.2) is 8.42 Å². The number of aryl methyl sites for hydroxylation is 3. The molecule has 0 bridgehead atoms. The van der Waals surface area contributed by atoms with Gasteiger partial charge in [0.25, 0.3) is 0 Å². The molecule has 0 radical (unpaired) electrons. The van der Waals surface area contributed by atoms with Crippen LogP contribution < -0.4 is 5.32 Å². The van der Waals surface area contributed by atoms with Gasteiger partial charge < -0.3 is 10.2 Å². The van der Waals surface area contributed by atoms with Crippen LogP contribution in [-0.4, -0.2) is 49.2 Å². The number of nitrogens with zero attached hydrogens (tertiary/aromatic N) is 1. The van der Waals surface area contributed by atoms with Gasteiger partial charge in [-0.1, -0.05) is 17.7 Å². The lowest BCUT2D eigenvalue weighted by atomic mass is 10.0. The molecule has 1 aromatic rings. The van der Waals surface area contributed by atoms with E-state index in [1.165, 1.54) is 0 Å². The quantitative estimate of drug-likeness (QED) is 0.833. The molecule has 1 saturated heterocycles. The maximum absolute atomic E-state index is 12.8. The van der Waals surface area contributed by atoms with Gasteiger partial charge in [0.1, 0.15) is 0 Å². The van der Waals surface area contributed by atoms with Crippen molar-refractivity contribution in [1.82, 2.24) is 4.90 Å². The van der Waals surface area contributed by atoms with Gasteiger partial charge in [0.15, 0.2) is 9.84 Å². The molecular weight excluding hydrogens is 364 g/mol. The van der Waals surface area contributed by atoms with Crippen molar-refractivity contribution >= 4 is 27.3 Å². The van der Waals surface area contributed by atoms with E-state index >= 15 is 0 Å². The molecule has 1 heterocycles. The summed E-state index contributed by atoms with van der Waals surface area (Å²) in [5.41, 5.74) is 3.98. The van der Waals surface area contributed by atoms with Crippen LogP contribution in [0, 0.1) is 32.6 Å². The molecule has 7 heteroatoms. The van der Waals surface area contributed by atoms with E-state index < -0.39 is 9.84 Å². The summed E-state index contributed by atoms with van der Waals surface area (Å²) < 4.78 is 23.5. The first-order valence-electron chi connectivity index (χ1n) is 9.52. The number of carbonyl (C=O) groups is 2. The molecule has 0 spiro atoms. The summed E-state index contributed by atoms with van der Waals surface area (Å²) in [6.45, 7) is 8.28. The summed E-state index contributed by atoms with van der Waals surface area (Å²) in [5, 5.41) is 2.99. The van der Waals surface area contributed by atoms with E-state index in [9.17, 15) is 18.0 Å². The first kappa shape index (κ1) is 19.9. The fourth-order valence-electron chi connectivity index (χ4n) is 4.18. The summed E-state index contributed by atoms with van der Waals surface area (Å²) in [7, 11) is -3.05. The van der Waals surface area contributed by atoms with Gasteiger partial charge in [-0.15, -0.1) is 0 Å². The van der Waals surface area contributed by atoms with Crippen molar-refractivity contribution in [2.24, 2.45) is 11.8 Å². The lowest BCUT2D eigenvalue weighted by Crippen LogP contribution is -2.42. The zero-order chi connectivity index (χ0) is 19.9. The fraction of sp³-hybridized carbons (Fsp3) is 0.600. The third-order valence-corrected chi connectivity index (χ3v) is 7.39. The average Bonchev–Trinajstić information content (AvgIpc) is 3.29. The Hall–Kier alpha value is -1.89. The second-order valence-electron chi connectivity index (χ2n) is 7.89. The molecule has 2 amide bonds. The molecule has 6 nitrogen and oxygen atoms in total. The van der Waals surface area contributed by atoms with E-state index in [4.69, 9.17) is 0 Å².